The third kappa shape index (κ3) is 4.26. The lowest BCUT2D eigenvalue weighted by Crippen LogP contribution is -2.29. The Bertz CT molecular complexity index is 547. The molecule has 0 fully saturated rings. The Morgan fingerprint density at radius 3 is 2.47 bits per heavy atom. The first-order valence-corrected chi connectivity index (χ1v) is 8.90. The molecule has 0 unspecified atom stereocenters. The molecule has 1 rings (SSSR count). The topological polar surface area (TPSA) is 49.4 Å². The van der Waals surface area contributed by atoms with Crippen molar-refractivity contribution in [3.8, 4) is 0 Å². The highest BCUT2D eigenvalue weighted by Gasteiger charge is 2.23. The van der Waals surface area contributed by atoms with Crippen LogP contribution in [0.5, 0.6) is 0 Å². The summed E-state index contributed by atoms with van der Waals surface area (Å²) in [6, 6.07) is 3.45. The Morgan fingerprint density at radius 1 is 1.26 bits per heavy atom. The van der Waals surface area contributed by atoms with Crippen molar-refractivity contribution < 1.29 is 8.42 Å². The van der Waals surface area contributed by atoms with E-state index in [-0.39, 0.29) is 4.90 Å². The summed E-state index contributed by atoms with van der Waals surface area (Å²) < 4.78 is 27.7. The van der Waals surface area contributed by atoms with Gasteiger partial charge >= 0.3 is 0 Å². The van der Waals surface area contributed by atoms with Gasteiger partial charge in [-0.25, -0.2) is 12.7 Å². The van der Waals surface area contributed by atoms with Crippen molar-refractivity contribution >= 4 is 41.9 Å². The average Bonchev–Trinajstić information content (AvgIpc) is 2.33. The zero-order valence-corrected chi connectivity index (χ0v) is 15.2. The number of benzene rings is 1. The van der Waals surface area contributed by atoms with E-state index in [1.165, 1.54) is 4.31 Å². The van der Waals surface area contributed by atoms with Gasteiger partial charge < -0.3 is 5.32 Å². The third-order valence-electron chi connectivity index (χ3n) is 2.80. The molecule has 4 nitrogen and oxygen atoms in total. The van der Waals surface area contributed by atoms with Crippen LogP contribution >= 0.6 is 31.9 Å². The van der Waals surface area contributed by atoms with Crippen LogP contribution in [0.4, 0.5) is 0 Å². The lowest BCUT2D eigenvalue weighted by molar-refractivity contribution is 0.457. The number of aryl methyl sites for hydroxylation is 1. The normalized spacial score (nSPS) is 12.1. The van der Waals surface area contributed by atoms with Crippen molar-refractivity contribution in [3.63, 3.8) is 0 Å². The van der Waals surface area contributed by atoms with Gasteiger partial charge in [0.05, 0.1) is 4.90 Å². The number of nitrogens with one attached hydrogen (secondary N) is 1. The number of rotatable bonds is 6. The molecule has 0 aliphatic carbocycles. The predicted molar refractivity (Wildman–Crippen MR) is 84.9 cm³/mol. The molecule has 0 spiro atoms. The molecule has 1 N–H and O–H groups in total. The maximum absolute atomic E-state index is 12.5. The van der Waals surface area contributed by atoms with E-state index in [1.807, 2.05) is 14.0 Å². The molecule has 0 saturated carbocycles. The lowest BCUT2D eigenvalue weighted by Gasteiger charge is -2.18. The second-order valence-electron chi connectivity index (χ2n) is 4.32. The van der Waals surface area contributed by atoms with Crippen LogP contribution in [0.15, 0.2) is 26.0 Å². The van der Waals surface area contributed by atoms with E-state index in [0.29, 0.717) is 11.0 Å². The highest BCUT2D eigenvalue weighted by molar-refractivity contribution is 9.11. The van der Waals surface area contributed by atoms with Gasteiger partial charge in [-0.15, -0.1) is 0 Å². The van der Waals surface area contributed by atoms with Crippen molar-refractivity contribution in [3.05, 3.63) is 26.6 Å². The summed E-state index contributed by atoms with van der Waals surface area (Å²) in [6.07, 6.45) is 0.775. The molecule has 1 aromatic rings. The van der Waals surface area contributed by atoms with E-state index >= 15 is 0 Å². The van der Waals surface area contributed by atoms with Gasteiger partial charge in [0.1, 0.15) is 0 Å². The van der Waals surface area contributed by atoms with Crippen molar-refractivity contribution in [2.75, 3.05) is 27.2 Å². The monoisotopic (exact) mass is 412 g/mol. The van der Waals surface area contributed by atoms with Gasteiger partial charge in [-0.05, 0) is 60.6 Å². The van der Waals surface area contributed by atoms with E-state index in [2.05, 4.69) is 37.2 Å². The van der Waals surface area contributed by atoms with E-state index in [4.69, 9.17) is 0 Å². The van der Waals surface area contributed by atoms with Crippen LogP contribution in [0.3, 0.4) is 0 Å². The van der Waals surface area contributed by atoms with Gasteiger partial charge in [0.2, 0.25) is 10.0 Å². The zero-order chi connectivity index (χ0) is 14.6. The Morgan fingerprint density at radius 2 is 1.89 bits per heavy atom. The highest BCUT2D eigenvalue weighted by atomic mass is 79.9. The fourth-order valence-electron chi connectivity index (χ4n) is 1.59. The Balaban J connectivity index is 3.03. The summed E-state index contributed by atoms with van der Waals surface area (Å²) in [6.45, 7) is 3.20. The molecule has 0 atom stereocenters. The molecule has 0 radical (unpaired) electrons. The maximum atomic E-state index is 12.5. The van der Waals surface area contributed by atoms with Crippen LogP contribution in [0.1, 0.15) is 12.0 Å². The Kier molecular flexibility index (Phi) is 6.46. The second-order valence-corrected chi connectivity index (χ2v) is 8.04. The molecular weight excluding hydrogens is 396 g/mol. The van der Waals surface area contributed by atoms with Gasteiger partial charge in [0.15, 0.2) is 0 Å². The summed E-state index contributed by atoms with van der Waals surface area (Å²) in [4.78, 5) is 0.289. The minimum atomic E-state index is -3.46. The van der Waals surface area contributed by atoms with E-state index < -0.39 is 10.0 Å². The molecule has 0 heterocycles. The molecule has 108 valence electrons. The van der Waals surface area contributed by atoms with Crippen LogP contribution in [-0.4, -0.2) is 39.9 Å². The Labute approximate surface area is 131 Å². The first-order chi connectivity index (χ1) is 8.80. The van der Waals surface area contributed by atoms with E-state index in [0.717, 1.165) is 23.0 Å². The smallest absolute Gasteiger partial charge is 0.243 e. The molecule has 0 aliphatic heterocycles. The van der Waals surface area contributed by atoms with Gasteiger partial charge in [-0.1, -0.05) is 15.9 Å². The molecule has 0 saturated heterocycles. The summed E-state index contributed by atoms with van der Waals surface area (Å²) in [5.41, 5.74) is 0.990. The SMILES string of the molecule is CNCCCN(C)S(=O)(=O)c1cc(Br)c(C)cc1Br. The van der Waals surface area contributed by atoms with Crippen LogP contribution in [0, 0.1) is 6.92 Å². The lowest BCUT2D eigenvalue weighted by atomic mass is 10.2. The molecular formula is C12H18Br2N2O2S. The summed E-state index contributed by atoms with van der Waals surface area (Å²) in [5.74, 6) is 0. The maximum Gasteiger partial charge on any atom is 0.243 e. The molecule has 0 bridgehead atoms. The first kappa shape index (κ1) is 17.1. The summed E-state index contributed by atoms with van der Waals surface area (Å²) >= 11 is 6.70. The van der Waals surface area contributed by atoms with Crippen LogP contribution in [-0.2, 0) is 10.0 Å². The quantitative estimate of drug-likeness (QED) is 0.729. The van der Waals surface area contributed by atoms with Gasteiger partial charge in [-0.2, -0.15) is 0 Å². The molecule has 0 aliphatic rings. The minimum absolute atomic E-state index is 0.289. The fraction of sp³-hybridized carbons (Fsp3) is 0.500. The van der Waals surface area contributed by atoms with E-state index in [9.17, 15) is 8.42 Å². The van der Waals surface area contributed by atoms with Crippen LogP contribution in [0.25, 0.3) is 0 Å². The van der Waals surface area contributed by atoms with Crippen molar-refractivity contribution in [1.82, 2.24) is 9.62 Å². The highest BCUT2D eigenvalue weighted by Crippen LogP contribution is 2.30. The van der Waals surface area contributed by atoms with E-state index in [1.54, 1.807) is 19.2 Å². The van der Waals surface area contributed by atoms with Crippen molar-refractivity contribution in [1.29, 1.82) is 0 Å². The zero-order valence-electron chi connectivity index (χ0n) is 11.2. The number of hydrogen-bond donors (Lipinski definition) is 1. The molecule has 0 aromatic heterocycles. The number of nitrogens with zero attached hydrogens (tertiary/aromatic N) is 1. The number of sulfonamides is 1. The second kappa shape index (κ2) is 7.17. The molecule has 19 heavy (non-hydrogen) atoms. The third-order valence-corrected chi connectivity index (χ3v) is 6.47. The first-order valence-electron chi connectivity index (χ1n) is 5.87. The molecule has 1 aromatic carbocycles. The van der Waals surface area contributed by atoms with Gasteiger partial charge in [-0.3, -0.25) is 0 Å². The Hall–Kier alpha value is 0.0500. The largest absolute Gasteiger partial charge is 0.320 e. The van der Waals surface area contributed by atoms with Gasteiger partial charge in [0, 0.05) is 22.5 Å². The minimum Gasteiger partial charge on any atom is -0.320 e. The summed E-state index contributed by atoms with van der Waals surface area (Å²) in [7, 11) is -0.00894. The standard InChI is InChI=1S/C12H18Br2N2O2S/c1-9-7-11(14)12(8-10(9)13)19(17,18)16(3)6-4-5-15-2/h7-8,15H,4-6H2,1-3H3. The number of hydrogen-bond acceptors (Lipinski definition) is 3. The fourth-order valence-corrected chi connectivity index (χ4v) is 4.44. The van der Waals surface area contributed by atoms with Crippen LogP contribution in [0.2, 0.25) is 0 Å². The van der Waals surface area contributed by atoms with Crippen molar-refractivity contribution in [2.45, 2.75) is 18.2 Å². The van der Waals surface area contributed by atoms with Crippen LogP contribution < -0.4 is 5.32 Å². The number of halogens is 2. The summed E-state index contributed by atoms with van der Waals surface area (Å²) in [5, 5.41) is 3.00. The van der Waals surface area contributed by atoms with Gasteiger partial charge in [0.25, 0.3) is 0 Å². The molecule has 7 heteroatoms. The van der Waals surface area contributed by atoms with Crippen molar-refractivity contribution in [2.24, 2.45) is 0 Å². The average molecular weight is 414 g/mol. The molecule has 0 amide bonds. The predicted octanol–water partition coefficient (Wildman–Crippen LogP) is 2.75.